The topological polar surface area (TPSA) is 91.8 Å². The monoisotopic (exact) mass is 372 g/mol. The maximum Gasteiger partial charge on any atom is 0.346 e. The minimum Gasteiger partial charge on any atom is -0.369 e. The average Bonchev–Trinajstić information content (AvgIpc) is 2.70. The maximum absolute atomic E-state index is 12.9. The molecule has 0 bridgehead atoms. The second-order valence-electron chi connectivity index (χ2n) is 7.36. The van der Waals surface area contributed by atoms with E-state index in [-0.39, 0.29) is 23.9 Å². The quantitative estimate of drug-likeness (QED) is 0.749. The van der Waals surface area contributed by atoms with Crippen molar-refractivity contribution in [3.8, 4) is 0 Å². The molecule has 27 heavy (non-hydrogen) atoms. The van der Waals surface area contributed by atoms with E-state index >= 15 is 0 Å². The van der Waals surface area contributed by atoms with Crippen LogP contribution in [0, 0.1) is 11.3 Å². The van der Waals surface area contributed by atoms with Crippen LogP contribution in [0.4, 0.5) is 5.69 Å². The summed E-state index contributed by atoms with van der Waals surface area (Å²) in [7, 11) is 0. The van der Waals surface area contributed by atoms with Gasteiger partial charge in [-0.1, -0.05) is 0 Å². The largest absolute Gasteiger partial charge is 0.369 e. The van der Waals surface area contributed by atoms with Gasteiger partial charge in [-0.25, -0.2) is 4.79 Å². The summed E-state index contributed by atoms with van der Waals surface area (Å²) >= 11 is 0. The van der Waals surface area contributed by atoms with Crippen LogP contribution in [0.1, 0.15) is 19.3 Å². The van der Waals surface area contributed by atoms with Gasteiger partial charge in [0.15, 0.2) is 17.0 Å². The number of Topliss-reactive ketones (excluding diaryl/α,β-unsaturated/α-hetero) is 2. The molecule has 0 radical (unpaired) electrons. The highest BCUT2D eigenvalue weighted by atomic mass is 16.7. The Morgan fingerprint density at radius 2 is 1.70 bits per heavy atom. The summed E-state index contributed by atoms with van der Waals surface area (Å²) in [5.74, 6) is -1.48. The van der Waals surface area contributed by atoms with Crippen molar-refractivity contribution in [2.75, 3.05) is 44.2 Å². The predicted octanol–water partition coefficient (Wildman–Crippen LogP) is 0.190. The predicted molar refractivity (Wildman–Crippen MR) is 96.8 cm³/mol. The number of nitrogens with one attached hydrogen (secondary N) is 1. The Hall–Kier alpha value is -2.32. The van der Waals surface area contributed by atoms with Crippen LogP contribution in [-0.2, 0) is 19.2 Å². The van der Waals surface area contributed by atoms with E-state index < -0.39 is 11.4 Å². The molecule has 1 aromatic heterocycles. The molecule has 0 aromatic carbocycles. The van der Waals surface area contributed by atoms with Crippen LogP contribution >= 0.6 is 0 Å². The first-order valence-corrected chi connectivity index (χ1v) is 9.52. The Balaban J connectivity index is 1.41. The van der Waals surface area contributed by atoms with Gasteiger partial charge in [-0.05, 0) is 44.0 Å². The molecule has 4 rings (SSSR count). The molecule has 1 aromatic rings. The highest BCUT2D eigenvalue weighted by Crippen LogP contribution is 2.45. The Morgan fingerprint density at radius 3 is 2.30 bits per heavy atom. The van der Waals surface area contributed by atoms with Gasteiger partial charge in [0.1, 0.15) is 0 Å². The number of anilines is 1. The maximum atomic E-state index is 12.9. The fourth-order valence-electron chi connectivity index (χ4n) is 4.36. The van der Waals surface area contributed by atoms with Gasteiger partial charge in [-0.3, -0.25) is 14.6 Å². The molecule has 144 valence electrons. The third-order valence-electron chi connectivity index (χ3n) is 5.95. The molecule has 8 heteroatoms. The zero-order valence-electron chi connectivity index (χ0n) is 15.2. The molecule has 1 saturated carbocycles. The summed E-state index contributed by atoms with van der Waals surface area (Å²) in [5, 5.41) is 4.80. The number of piperazine rings is 1. The second kappa shape index (κ2) is 7.36. The van der Waals surface area contributed by atoms with Crippen LogP contribution < -0.4 is 10.2 Å². The summed E-state index contributed by atoms with van der Waals surface area (Å²) < 4.78 is 0. The first-order chi connectivity index (χ1) is 13.1. The summed E-state index contributed by atoms with van der Waals surface area (Å²) in [4.78, 5) is 49.5. The van der Waals surface area contributed by atoms with E-state index in [0.717, 1.165) is 5.69 Å². The summed E-state index contributed by atoms with van der Waals surface area (Å²) in [6.45, 7) is 3.87. The fourth-order valence-corrected chi connectivity index (χ4v) is 4.36. The lowest BCUT2D eigenvalue weighted by molar-refractivity contribution is -0.211. The number of hydrogen-bond donors (Lipinski definition) is 1. The fraction of sp³-hybridized carbons (Fsp3) is 0.579. The number of carbonyl (C=O) groups is 3. The van der Waals surface area contributed by atoms with Crippen LogP contribution in [0.15, 0.2) is 24.5 Å². The SMILES string of the molecule is O=C1CC(=O)C1(C(=O)ON1CCN(c2ccncc2)CC1)C1CCNCC1. The van der Waals surface area contributed by atoms with Crippen molar-refractivity contribution in [3.63, 3.8) is 0 Å². The van der Waals surface area contributed by atoms with Gasteiger partial charge < -0.3 is 15.1 Å². The van der Waals surface area contributed by atoms with Gasteiger partial charge in [-0.15, -0.1) is 5.06 Å². The second-order valence-corrected chi connectivity index (χ2v) is 7.36. The molecule has 0 amide bonds. The number of piperidine rings is 1. The lowest BCUT2D eigenvalue weighted by Gasteiger charge is -2.44. The van der Waals surface area contributed by atoms with Gasteiger partial charge >= 0.3 is 5.97 Å². The van der Waals surface area contributed by atoms with Crippen molar-refractivity contribution in [2.24, 2.45) is 11.3 Å². The van der Waals surface area contributed by atoms with Gasteiger partial charge in [0.2, 0.25) is 0 Å². The van der Waals surface area contributed by atoms with Gasteiger partial charge in [0.25, 0.3) is 0 Å². The Bertz CT molecular complexity index is 710. The van der Waals surface area contributed by atoms with Crippen LogP contribution in [0.2, 0.25) is 0 Å². The van der Waals surface area contributed by atoms with Crippen molar-refractivity contribution < 1.29 is 19.2 Å². The average molecular weight is 372 g/mol. The lowest BCUT2D eigenvalue weighted by Crippen LogP contribution is -2.63. The molecule has 3 fully saturated rings. The van der Waals surface area contributed by atoms with Gasteiger partial charge in [0, 0.05) is 31.2 Å². The molecule has 8 nitrogen and oxygen atoms in total. The van der Waals surface area contributed by atoms with Crippen LogP contribution in [0.5, 0.6) is 0 Å². The molecular weight excluding hydrogens is 348 g/mol. The van der Waals surface area contributed by atoms with Gasteiger partial charge in [-0.2, -0.15) is 0 Å². The zero-order chi connectivity index (χ0) is 18.9. The Labute approximate surface area is 157 Å². The number of rotatable bonds is 4. The number of aromatic nitrogens is 1. The van der Waals surface area contributed by atoms with E-state index in [0.29, 0.717) is 52.1 Å². The summed E-state index contributed by atoms with van der Waals surface area (Å²) in [5.41, 5.74) is -0.490. The first-order valence-electron chi connectivity index (χ1n) is 9.52. The smallest absolute Gasteiger partial charge is 0.346 e. The number of ketones is 2. The van der Waals surface area contributed by atoms with Crippen molar-refractivity contribution in [3.05, 3.63) is 24.5 Å². The Kier molecular flexibility index (Phi) is 4.92. The molecular formula is C19H24N4O4. The highest BCUT2D eigenvalue weighted by Gasteiger charge is 2.66. The summed E-state index contributed by atoms with van der Waals surface area (Å²) in [6, 6.07) is 3.89. The van der Waals surface area contributed by atoms with E-state index in [1.54, 1.807) is 17.5 Å². The van der Waals surface area contributed by atoms with Gasteiger partial charge in [0.05, 0.1) is 19.5 Å². The Morgan fingerprint density at radius 1 is 1.07 bits per heavy atom. The normalized spacial score (nSPS) is 23.8. The van der Waals surface area contributed by atoms with E-state index in [4.69, 9.17) is 4.84 Å². The van der Waals surface area contributed by atoms with E-state index in [2.05, 4.69) is 15.2 Å². The minimum absolute atomic E-state index is 0.144. The van der Waals surface area contributed by atoms with Crippen LogP contribution in [0.3, 0.4) is 0 Å². The van der Waals surface area contributed by atoms with E-state index in [1.165, 1.54) is 0 Å². The van der Waals surface area contributed by atoms with Crippen molar-refractivity contribution in [2.45, 2.75) is 19.3 Å². The molecule has 0 unspecified atom stereocenters. The molecule has 0 atom stereocenters. The zero-order valence-corrected chi connectivity index (χ0v) is 15.2. The third-order valence-corrected chi connectivity index (χ3v) is 5.95. The molecule has 1 N–H and O–H groups in total. The minimum atomic E-state index is -1.57. The molecule has 2 aliphatic heterocycles. The molecule has 3 heterocycles. The number of carbonyl (C=O) groups excluding carboxylic acids is 3. The van der Waals surface area contributed by atoms with Crippen LogP contribution in [-0.4, -0.2) is 66.9 Å². The number of hydrogen-bond acceptors (Lipinski definition) is 8. The number of hydroxylamine groups is 2. The number of nitrogens with zero attached hydrogens (tertiary/aromatic N) is 3. The first kappa shape index (κ1) is 18.1. The van der Waals surface area contributed by atoms with Crippen molar-refractivity contribution in [1.82, 2.24) is 15.4 Å². The van der Waals surface area contributed by atoms with Crippen molar-refractivity contribution in [1.29, 1.82) is 0 Å². The molecule has 3 aliphatic rings. The lowest BCUT2D eigenvalue weighted by atomic mass is 9.57. The van der Waals surface area contributed by atoms with E-state index in [9.17, 15) is 14.4 Å². The molecule has 0 spiro atoms. The summed E-state index contributed by atoms with van der Waals surface area (Å²) in [6.07, 6.45) is 4.64. The van der Waals surface area contributed by atoms with E-state index in [1.807, 2.05) is 12.1 Å². The third kappa shape index (κ3) is 3.12. The van der Waals surface area contributed by atoms with Crippen LogP contribution in [0.25, 0.3) is 0 Å². The van der Waals surface area contributed by atoms with Crippen molar-refractivity contribution >= 4 is 23.2 Å². The molecule has 2 saturated heterocycles. The highest BCUT2D eigenvalue weighted by molar-refractivity contribution is 6.36. The molecule has 1 aliphatic carbocycles. The number of pyridine rings is 1. The standard InChI is InChI=1S/C19H24N4O4/c24-16-13-17(25)19(16,14-1-5-20-6-2-14)18(26)27-23-11-9-22(10-12-23)15-3-7-21-8-4-15/h3-4,7-8,14,20H,1-2,5-6,9-13H2.